The summed E-state index contributed by atoms with van der Waals surface area (Å²) >= 11 is 0. The van der Waals surface area contributed by atoms with Crippen molar-refractivity contribution >= 4 is 23.2 Å². The number of rotatable bonds is 33. The van der Waals surface area contributed by atoms with Crippen LogP contribution in [0, 0.1) is 11.8 Å². The van der Waals surface area contributed by atoms with Crippen LogP contribution in [0.3, 0.4) is 0 Å². The van der Waals surface area contributed by atoms with E-state index in [1.807, 2.05) is 0 Å². The minimum atomic E-state index is -1.01. The first-order valence-corrected chi connectivity index (χ1v) is 21.3. The molecule has 61 heavy (non-hydrogen) atoms. The zero-order chi connectivity index (χ0) is 43.8. The zero-order valence-corrected chi connectivity index (χ0v) is 36.0. The average Bonchev–Trinajstić information content (AvgIpc) is 3.69. The van der Waals surface area contributed by atoms with Crippen molar-refractivity contribution in [2.45, 2.75) is 52.0 Å². The molecule has 4 N–H and O–H groups in total. The first-order chi connectivity index (χ1) is 29.9. The van der Waals surface area contributed by atoms with E-state index in [9.17, 15) is 14.4 Å². The molecule has 2 unspecified atom stereocenters. The predicted octanol–water partition coefficient (Wildman–Crippen LogP) is 3.54. The van der Waals surface area contributed by atoms with Gasteiger partial charge in [-0.25, -0.2) is 14.6 Å². The van der Waals surface area contributed by atoms with Gasteiger partial charge in [0.2, 0.25) is 0 Å². The Hall–Kier alpha value is -3.82. The summed E-state index contributed by atoms with van der Waals surface area (Å²) in [4.78, 5) is 46.6. The number of nitrogens with one attached hydrogen (secondary N) is 2. The van der Waals surface area contributed by atoms with Gasteiger partial charge >= 0.3 is 11.7 Å². The number of methoxy groups -OCH3 is 1. The van der Waals surface area contributed by atoms with Crippen molar-refractivity contribution in [1.82, 2.24) is 19.5 Å². The van der Waals surface area contributed by atoms with E-state index in [1.165, 1.54) is 23.5 Å². The molecule has 1 aliphatic rings. The molecule has 18 nitrogen and oxygen atoms in total. The Morgan fingerprint density at radius 3 is 1.70 bits per heavy atom. The molecule has 0 spiro atoms. The second-order valence-corrected chi connectivity index (χ2v) is 14.3. The lowest BCUT2D eigenvalue weighted by molar-refractivity contribution is -0.131. The van der Waals surface area contributed by atoms with Gasteiger partial charge in [-0.05, 0) is 36.3 Å². The van der Waals surface area contributed by atoms with Crippen LogP contribution in [0.5, 0.6) is 0 Å². The molecule has 0 amide bonds. The molecule has 0 radical (unpaired) electrons. The smallest absolute Gasteiger partial charge is 0.330 e. The molecule has 1 fully saturated rings. The summed E-state index contributed by atoms with van der Waals surface area (Å²) in [7, 11) is 1.64. The third-order valence-electron chi connectivity index (χ3n) is 9.54. The molecular formula is C43H68N4O14. The number of carboxylic acid groups (broad SMARTS) is 1. The van der Waals surface area contributed by atoms with E-state index in [0.29, 0.717) is 137 Å². The van der Waals surface area contributed by atoms with Crippen LogP contribution in [-0.2, 0) is 54.0 Å². The fourth-order valence-corrected chi connectivity index (χ4v) is 6.58. The van der Waals surface area contributed by atoms with E-state index in [1.54, 1.807) is 31.4 Å². The molecule has 1 aliphatic carbocycles. The summed E-state index contributed by atoms with van der Waals surface area (Å²) in [5.74, 6) is 0.482. The van der Waals surface area contributed by atoms with Crippen molar-refractivity contribution < 1.29 is 57.6 Å². The van der Waals surface area contributed by atoms with Crippen LogP contribution in [0.25, 0.3) is 28.6 Å². The number of carbonyl (C=O) groups is 1. The Labute approximate surface area is 357 Å². The quantitative estimate of drug-likeness (QED) is 0.0508. The van der Waals surface area contributed by atoms with Gasteiger partial charge in [-0.1, -0.05) is 56.9 Å². The van der Waals surface area contributed by atoms with Crippen LogP contribution in [0.4, 0.5) is 0 Å². The molecule has 0 bridgehead atoms. The first-order valence-electron chi connectivity index (χ1n) is 21.3. The van der Waals surface area contributed by atoms with Crippen LogP contribution >= 0.6 is 0 Å². The maximum absolute atomic E-state index is 13.1. The fraction of sp³-hybridized carbons (Fsp3) is 0.674. The number of aromatic nitrogens is 4. The van der Waals surface area contributed by atoms with Crippen molar-refractivity contribution in [3.05, 3.63) is 56.7 Å². The third kappa shape index (κ3) is 22.2. The molecule has 18 heteroatoms. The summed E-state index contributed by atoms with van der Waals surface area (Å²) in [5, 5.41) is 17.3. The van der Waals surface area contributed by atoms with E-state index < -0.39 is 11.7 Å². The highest BCUT2D eigenvalue weighted by Gasteiger charge is 2.23. The van der Waals surface area contributed by atoms with Crippen LogP contribution < -0.4 is 11.2 Å². The topological polar surface area (TPSA) is 224 Å². The minimum Gasteiger partial charge on any atom is -0.478 e. The number of ether oxygens (including phenoxy) is 9. The molecule has 2 atom stereocenters. The second kappa shape index (κ2) is 32.8. The molecule has 4 rings (SSSR count). The standard InChI is InChI=1S/C24H28N4O4.C19H40O10/c1-2-4-16-5-3-6-17(13-16)14-28-23(31)20-22(27-24(28)32)26-21(25-20)18-10-7-15(8-11-18)9-12-19(29)30;1-21-4-5-23-8-9-25-12-13-27-16-17-29-19-18-28-15-14-26-11-10-24-7-6-22-3-2-20/h7-12,16-17H,2-6,13-14H2,1H3,(H,25,26)(H,27,32)(H,29,30);20H,2-19H2,1H3/b12-9+;. The summed E-state index contributed by atoms with van der Waals surface area (Å²) < 4.78 is 48.7. The monoisotopic (exact) mass is 864 g/mol. The molecule has 344 valence electrons. The third-order valence-corrected chi connectivity index (χ3v) is 9.54. The highest BCUT2D eigenvalue weighted by molar-refractivity contribution is 5.85. The maximum atomic E-state index is 13.1. The second-order valence-electron chi connectivity index (χ2n) is 14.3. The normalized spacial score (nSPS) is 15.4. The maximum Gasteiger partial charge on any atom is 0.330 e. The lowest BCUT2D eigenvalue weighted by Crippen LogP contribution is -2.38. The molecule has 3 aromatic rings. The Kier molecular flexibility index (Phi) is 27.7. The number of hydrogen-bond acceptors (Lipinski definition) is 14. The average molecular weight is 865 g/mol. The van der Waals surface area contributed by atoms with E-state index >= 15 is 0 Å². The minimum absolute atomic E-state index is 0.0322. The van der Waals surface area contributed by atoms with Crippen LogP contribution in [0.15, 0.2) is 39.9 Å². The van der Waals surface area contributed by atoms with Gasteiger partial charge in [-0.15, -0.1) is 0 Å². The van der Waals surface area contributed by atoms with E-state index in [2.05, 4.69) is 21.9 Å². The van der Waals surface area contributed by atoms with Crippen LogP contribution in [0.2, 0.25) is 0 Å². The Balaban J connectivity index is 0.000000328. The fourth-order valence-electron chi connectivity index (χ4n) is 6.58. The lowest BCUT2D eigenvalue weighted by atomic mass is 9.79. The van der Waals surface area contributed by atoms with E-state index in [-0.39, 0.29) is 23.3 Å². The summed E-state index contributed by atoms with van der Waals surface area (Å²) in [6.45, 7) is 11.5. The summed E-state index contributed by atoms with van der Waals surface area (Å²) in [6.07, 6.45) is 9.43. The molecule has 1 saturated carbocycles. The number of imidazole rings is 1. The summed E-state index contributed by atoms with van der Waals surface area (Å²) in [5.41, 5.74) is 1.23. The lowest BCUT2D eigenvalue weighted by Gasteiger charge is -2.29. The van der Waals surface area contributed by atoms with E-state index in [4.69, 9.17) is 52.8 Å². The molecular weight excluding hydrogens is 796 g/mol. The number of H-pyrrole nitrogens is 2. The number of fused-ring (bicyclic) bond motifs is 1. The van der Waals surface area contributed by atoms with Gasteiger partial charge in [-0.3, -0.25) is 14.3 Å². The largest absolute Gasteiger partial charge is 0.478 e. The van der Waals surface area contributed by atoms with Gasteiger partial charge in [0, 0.05) is 25.3 Å². The number of nitrogens with zero attached hydrogens (tertiary/aromatic N) is 2. The van der Waals surface area contributed by atoms with Gasteiger partial charge in [0.25, 0.3) is 5.56 Å². The SMILES string of the molecule is CCCC1CCCC(Cn2c(=O)[nH]c3nc(-c4ccc(/C=C/C(=O)O)cc4)[nH]c3c2=O)C1.COCCOCCOCCOCCOCCOCCOCCOCCOCCO. The Bertz CT molecular complexity index is 1700. The molecule has 2 heterocycles. The van der Waals surface area contributed by atoms with Gasteiger partial charge in [0.05, 0.1) is 119 Å². The highest BCUT2D eigenvalue weighted by Crippen LogP contribution is 2.32. The number of aliphatic hydroxyl groups excluding tert-OH is 1. The predicted molar refractivity (Wildman–Crippen MR) is 229 cm³/mol. The van der Waals surface area contributed by atoms with Crippen LogP contribution in [-0.4, -0.2) is 162 Å². The van der Waals surface area contributed by atoms with Gasteiger partial charge < -0.3 is 57.8 Å². The van der Waals surface area contributed by atoms with Crippen molar-refractivity contribution in [1.29, 1.82) is 0 Å². The number of carboxylic acids is 1. The zero-order valence-electron chi connectivity index (χ0n) is 36.0. The van der Waals surface area contributed by atoms with E-state index in [0.717, 1.165) is 42.9 Å². The Morgan fingerprint density at radius 2 is 1.23 bits per heavy atom. The number of benzene rings is 1. The van der Waals surface area contributed by atoms with Crippen LogP contribution in [0.1, 0.15) is 51.0 Å². The Morgan fingerprint density at radius 1 is 0.738 bits per heavy atom. The molecule has 1 aromatic carbocycles. The summed E-state index contributed by atoms with van der Waals surface area (Å²) in [6, 6.07) is 7.09. The molecule has 0 saturated heterocycles. The van der Waals surface area contributed by atoms with Crippen molar-refractivity contribution in [3.63, 3.8) is 0 Å². The van der Waals surface area contributed by atoms with Crippen molar-refractivity contribution in [2.75, 3.05) is 126 Å². The highest BCUT2D eigenvalue weighted by atomic mass is 16.6. The van der Waals surface area contributed by atoms with Gasteiger partial charge in [0.15, 0.2) is 5.65 Å². The first kappa shape index (κ1) is 51.5. The van der Waals surface area contributed by atoms with Crippen molar-refractivity contribution in [2.24, 2.45) is 11.8 Å². The van der Waals surface area contributed by atoms with Gasteiger partial charge in [0.1, 0.15) is 11.3 Å². The number of aromatic amines is 2. The van der Waals surface area contributed by atoms with Crippen molar-refractivity contribution in [3.8, 4) is 11.4 Å². The number of hydrogen-bond donors (Lipinski definition) is 4. The molecule has 0 aliphatic heterocycles. The number of aliphatic carboxylic acids is 1. The van der Waals surface area contributed by atoms with Gasteiger partial charge in [-0.2, -0.15) is 0 Å². The molecule has 2 aromatic heterocycles. The number of aliphatic hydroxyl groups is 1.